The van der Waals surface area contributed by atoms with Crippen molar-refractivity contribution < 1.29 is 14.3 Å². The highest BCUT2D eigenvalue weighted by Gasteiger charge is 2.18. The predicted molar refractivity (Wildman–Crippen MR) is 96.3 cm³/mol. The molecule has 1 heterocycles. The van der Waals surface area contributed by atoms with Crippen molar-refractivity contribution in [2.45, 2.75) is 18.9 Å². The summed E-state index contributed by atoms with van der Waals surface area (Å²) in [5.74, 6) is 0.330. The number of carbonyl (C=O) groups excluding carboxylic acids is 1. The fourth-order valence-electron chi connectivity index (χ4n) is 2.82. The molecule has 0 aliphatic rings. The van der Waals surface area contributed by atoms with E-state index in [9.17, 15) is 9.90 Å². The number of benzene rings is 2. The lowest BCUT2D eigenvalue weighted by Crippen LogP contribution is -2.31. The lowest BCUT2D eigenvalue weighted by atomic mass is 9.99. The van der Waals surface area contributed by atoms with Gasteiger partial charge in [0.25, 0.3) is 5.91 Å². The molecule has 1 atom stereocenters. The first-order valence-electron chi connectivity index (χ1n) is 8.35. The summed E-state index contributed by atoms with van der Waals surface area (Å²) >= 11 is 0. The van der Waals surface area contributed by atoms with Gasteiger partial charge < -0.3 is 14.8 Å². The van der Waals surface area contributed by atoms with Crippen molar-refractivity contribution >= 4 is 5.91 Å². The monoisotopic (exact) mass is 335 g/mol. The lowest BCUT2D eigenvalue weighted by molar-refractivity contribution is 0.0906. The largest absolute Gasteiger partial charge is 0.467 e. The highest BCUT2D eigenvalue weighted by atomic mass is 16.3. The molecule has 0 bridgehead atoms. The first kappa shape index (κ1) is 17.0. The van der Waals surface area contributed by atoms with Gasteiger partial charge in [-0.15, -0.1) is 0 Å². The van der Waals surface area contributed by atoms with Gasteiger partial charge >= 0.3 is 0 Å². The maximum Gasteiger partial charge on any atom is 0.252 e. The molecule has 0 aliphatic carbocycles. The molecule has 0 saturated carbocycles. The molecular weight excluding hydrogens is 314 g/mol. The van der Waals surface area contributed by atoms with Crippen LogP contribution in [0.25, 0.3) is 0 Å². The Hall–Kier alpha value is -2.85. The molecule has 0 spiro atoms. The van der Waals surface area contributed by atoms with Gasteiger partial charge in [-0.3, -0.25) is 4.79 Å². The fourth-order valence-corrected chi connectivity index (χ4v) is 2.82. The summed E-state index contributed by atoms with van der Waals surface area (Å²) in [4.78, 5) is 12.7. The standard InChI is InChI=1S/C21H21NO3/c23-15-19(20-11-6-14-25-20)22-21(24)18-10-5-4-9-17(18)13-12-16-7-2-1-3-8-16/h1-11,14,19,23H,12-13,15H2,(H,22,24). The Morgan fingerprint density at radius 1 is 0.960 bits per heavy atom. The molecule has 0 fully saturated rings. The van der Waals surface area contributed by atoms with Crippen molar-refractivity contribution in [3.63, 3.8) is 0 Å². The minimum Gasteiger partial charge on any atom is -0.467 e. The van der Waals surface area contributed by atoms with Gasteiger partial charge in [0.15, 0.2) is 0 Å². The van der Waals surface area contributed by atoms with E-state index in [1.165, 1.54) is 11.8 Å². The number of rotatable bonds is 7. The molecule has 4 heteroatoms. The maximum absolute atomic E-state index is 12.7. The van der Waals surface area contributed by atoms with Crippen LogP contribution in [0.4, 0.5) is 0 Å². The summed E-state index contributed by atoms with van der Waals surface area (Å²) in [5, 5.41) is 12.4. The fraction of sp³-hybridized carbons (Fsp3) is 0.190. The van der Waals surface area contributed by atoms with Gasteiger partial charge in [0, 0.05) is 5.56 Å². The van der Waals surface area contributed by atoms with Gasteiger partial charge in [-0.05, 0) is 42.2 Å². The molecule has 2 aromatic carbocycles. The molecule has 1 amide bonds. The van der Waals surface area contributed by atoms with Crippen LogP contribution in [-0.2, 0) is 12.8 Å². The highest BCUT2D eigenvalue weighted by molar-refractivity contribution is 5.95. The minimum atomic E-state index is -0.551. The Bertz CT molecular complexity index is 797. The third-order valence-corrected chi connectivity index (χ3v) is 4.16. The number of furan rings is 1. The van der Waals surface area contributed by atoms with E-state index in [-0.39, 0.29) is 12.5 Å². The number of hydrogen-bond acceptors (Lipinski definition) is 3. The van der Waals surface area contributed by atoms with E-state index in [1.807, 2.05) is 42.5 Å². The molecule has 2 N–H and O–H groups in total. The van der Waals surface area contributed by atoms with Crippen LogP contribution >= 0.6 is 0 Å². The van der Waals surface area contributed by atoms with E-state index in [4.69, 9.17) is 4.42 Å². The van der Waals surface area contributed by atoms with E-state index in [2.05, 4.69) is 17.4 Å². The topological polar surface area (TPSA) is 62.5 Å². The van der Waals surface area contributed by atoms with E-state index < -0.39 is 6.04 Å². The van der Waals surface area contributed by atoms with Gasteiger partial charge in [-0.2, -0.15) is 0 Å². The molecule has 4 nitrogen and oxygen atoms in total. The number of aliphatic hydroxyl groups excluding tert-OH is 1. The summed E-state index contributed by atoms with van der Waals surface area (Å²) < 4.78 is 5.28. The Morgan fingerprint density at radius 3 is 2.44 bits per heavy atom. The zero-order chi connectivity index (χ0) is 17.5. The van der Waals surface area contributed by atoms with Crippen molar-refractivity contribution in [2.24, 2.45) is 0 Å². The molecule has 1 aromatic heterocycles. The zero-order valence-corrected chi connectivity index (χ0v) is 13.9. The number of hydrogen-bond donors (Lipinski definition) is 2. The Kier molecular flexibility index (Phi) is 5.65. The van der Waals surface area contributed by atoms with Crippen LogP contribution in [0, 0.1) is 0 Å². The third-order valence-electron chi connectivity index (χ3n) is 4.16. The molecule has 128 valence electrons. The molecule has 3 aromatic rings. The number of carbonyl (C=O) groups is 1. The van der Waals surface area contributed by atoms with Crippen molar-refractivity contribution in [3.8, 4) is 0 Å². The smallest absolute Gasteiger partial charge is 0.252 e. The van der Waals surface area contributed by atoms with Crippen LogP contribution in [0.5, 0.6) is 0 Å². The van der Waals surface area contributed by atoms with Crippen LogP contribution in [0.3, 0.4) is 0 Å². The number of nitrogens with one attached hydrogen (secondary N) is 1. The van der Waals surface area contributed by atoms with Gasteiger partial charge in [0.05, 0.1) is 12.9 Å². The van der Waals surface area contributed by atoms with Crippen LogP contribution in [0.1, 0.15) is 33.3 Å². The van der Waals surface area contributed by atoms with Crippen molar-refractivity contribution in [3.05, 3.63) is 95.4 Å². The number of aryl methyl sites for hydroxylation is 2. The van der Waals surface area contributed by atoms with Gasteiger partial charge in [0.2, 0.25) is 0 Å². The molecule has 0 radical (unpaired) electrons. The van der Waals surface area contributed by atoms with E-state index in [0.29, 0.717) is 11.3 Å². The summed E-state index contributed by atoms with van der Waals surface area (Å²) in [6.45, 7) is -0.217. The highest BCUT2D eigenvalue weighted by Crippen LogP contribution is 2.17. The second-order valence-electron chi connectivity index (χ2n) is 5.87. The predicted octanol–water partition coefficient (Wildman–Crippen LogP) is 3.53. The van der Waals surface area contributed by atoms with Crippen LogP contribution in [0.2, 0.25) is 0 Å². The Labute approximate surface area is 147 Å². The minimum absolute atomic E-state index is 0.209. The average Bonchev–Trinajstić information content (AvgIpc) is 3.20. The van der Waals surface area contributed by atoms with E-state index in [0.717, 1.165) is 18.4 Å². The average molecular weight is 335 g/mol. The third kappa shape index (κ3) is 4.37. The molecule has 0 saturated heterocycles. The quantitative estimate of drug-likeness (QED) is 0.694. The molecule has 1 unspecified atom stereocenters. The van der Waals surface area contributed by atoms with Gasteiger partial charge in [-0.1, -0.05) is 48.5 Å². The summed E-state index contributed by atoms with van der Waals surface area (Å²) in [6, 6.07) is 20.7. The molecule has 0 aliphatic heterocycles. The summed E-state index contributed by atoms with van der Waals surface area (Å²) in [7, 11) is 0. The van der Waals surface area contributed by atoms with Crippen LogP contribution in [0.15, 0.2) is 77.4 Å². The lowest BCUT2D eigenvalue weighted by Gasteiger charge is -2.16. The first-order valence-corrected chi connectivity index (χ1v) is 8.35. The van der Waals surface area contributed by atoms with E-state index >= 15 is 0 Å². The van der Waals surface area contributed by atoms with Crippen molar-refractivity contribution in [2.75, 3.05) is 6.61 Å². The first-order chi connectivity index (χ1) is 12.3. The van der Waals surface area contributed by atoms with Crippen molar-refractivity contribution in [1.82, 2.24) is 5.32 Å². The van der Waals surface area contributed by atoms with Crippen LogP contribution in [-0.4, -0.2) is 17.6 Å². The Morgan fingerprint density at radius 2 is 1.72 bits per heavy atom. The molecular formula is C21H21NO3. The van der Waals surface area contributed by atoms with Gasteiger partial charge in [-0.25, -0.2) is 0 Å². The summed E-state index contributed by atoms with van der Waals surface area (Å²) in [5.41, 5.74) is 2.85. The molecule has 25 heavy (non-hydrogen) atoms. The van der Waals surface area contributed by atoms with Crippen molar-refractivity contribution in [1.29, 1.82) is 0 Å². The second-order valence-corrected chi connectivity index (χ2v) is 5.87. The second kappa shape index (κ2) is 8.31. The zero-order valence-electron chi connectivity index (χ0n) is 13.9. The van der Waals surface area contributed by atoms with Crippen LogP contribution < -0.4 is 5.32 Å². The van der Waals surface area contributed by atoms with Gasteiger partial charge in [0.1, 0.15) is 11.8 Å². The maximum atomic E-state index is 12.7. The SMILES string of the molecule is O=C(NC(CO)c1ccco1)c1ccccc1CCc1ccccc1. The number of aliphatic hydroxyl groups is 1. The number of amides is 1. The van der Waals surface area contributed by atoms with E-state index in [1.54, 1.807) is 12.1 Å². The Balaban J connectivity index is 1.72. The molecule has 3 rings (SSSR count). The summed E-state index contributed by atoms with van der Waals surface area (Å²) in [6.07, 6.45) is 3.17. The normalized spacial score (nSPS) is 11.9.